The quantitative estimate of drug-likeness (QED) is 0.176. The number of hydrogen-bond acceptors (Lipinski definition) is 3. The molecule has 4 nitrogen and oxygen atoms in total. The predicted molar refractivity (Wildman–Crippen MR) is 241 cm³/mol. The Morgan fingerprint density at radius 1 is 0.328 bits per heavy atom. The minimum Gasteiger partial charge on any atom is -0.278 e. The van der Waals surface area contributed by atoms with Crippen LogP contribution >= 0.6 is 0 Å². The van der Waals surface area contributed by atoms with Gasteiger partial charge in [0.25, 0.3) is 0 Å². The first-order valence-electron chi connectivity index (χ1n) is 20.0. The van der Waals surface area contributed by atoms with Crippen LogP contribution in [0.15, 0.2) is 182 Å². The highest BCUT2D eigenvalue weighted by molar-refractivity contribution is 6.35. The molecule has 58 heavy (non-hydrogen) atoms. The molecular formula is C54H36N4. The van der Waals surface area contributed by atoms with Gasteiger partial charge in [-0.05, 0) is 77.8 Å². The molecular weight excluding hydrogens is 705 g/mol. The molecule has 0 unspecified atom stereocenters. The number of hydrogen-bond donors (Lipinski definition) is 0. The Morgan fingerprint density at radius 3 is 1.36 bits per heavy atom. The van der Waals surface area contributed by atoms with Crippen LogP contribution in [0.4, 0.5) is 0 Å². The van der Waals surface area contributed by atoms with E-state index in [4.69, 9.17) is 15.0 Å². The third-order valence-corrected chi connectivity index (χ3v) is 12.5. The van der Waals surface area contributed by atoms with Crippen molar-refractivity contribution in [3.63, 3.8) is 0 Å². The summed E-state index contributed by atoms with van der Waals surface area (Å²) in [4.78, 5) is 15.9. The van der Waals surface area contributed by atoms with Gasteiger partial charge in [0, 0.05) is 27.3 Å². The van der Waals surface area contributed by atoms with Crippen molar-refractivity contribution in [2.75, 3.05) is 0 Å². The maximum absolute atomic E-state index is 5.36. The van der Waals surface area contributed by atoms with E-state index in [1.54, 1.807) is 0 Å². The van der Waals surface area contributed by atoms with Gasteiger partial charge in [0.2, 0.25) is 5.95 Å². The smallest absolute Gasteiger partial charge is 0.238 e. The normalized spacial score (nSPS) is 13.1. The van der Waals surface area contributed by atoms with Crippen LogP contribution in [0, 0.1) is 0 Å². The summed E-state index contributed by atoms with van der Waals surface area (Å²) in [6.45, 7) is 4.74. The van der Waals surface area contributed by atoms with Crippen molar-refractivity contribution < 1.29 is 0 Å². The van der Waals surface area contributed by atoms with Gasteiger partial charge >= 0.3 is 0 Å². The van der Waals surface area contributed by atoms with Crippen LogP contribution in [0.2, 0.25) is 0 Å². The van der Waals surface area contributed by atoms with E-state index < -0.39 is 0 Å². The molecule has 272 valence electrons. The first kappa shape index (κ1) is 32.8. The van der Waals surface area contributed by atoms with E-state index in [0.717, 1.165) is 33.3 Å². The summed E-state index contributed by atoms with van der Waals surface area (Å²) in [5, 5.41) is 10.1. The lowest BCUT2D eigenvalue weighted by molar-refractivity contribution is 0.663. The zero-order chi connectivity index (χ0) is 38.5. The predicted octanol–water partition coefficient (Wildman–Crippen LogP) is 13.7. The fourth-order valence-electron chi connectivity index (χ4n) is 9.64. The fraction of sp³-hybridized carbons (Fsp3) is 0.0556. The topological polar surface area (TPSA) is 43.6 Å². The van der Waals surface area contributed by atoms with Crippen molar-refractivity contribution in [3.8, 4) is 51.0 Å². The Hall–Kier alpha value is -7.43. The monoisotopic (exact) mass is 740 g/mol. The van der Waals surface area contributed by atoms with E-state index in [-0.39, 0.29) is 5.41 Å². The Bertz CT molecular complexity index is 3340. The minimum atomic E-state index is -0.164. The largest absolute Gasteiger partial charge is 0.278 e. The summed E-state index contributed by atoms with van der Waals surface area (Å²) in [7, 11) is 0. The first-order valence-corrected chi connectivity index (χ1v) is 20.0. The number of aromatic nitrogens is 4. The molecule has 0 radical (unpaired) electrons. The van der Waals surface area contributed by atoms with Gasteiger partial charge in [-0.15, -0.1) is 0 Å². The van der Waals surface area contributed by atoms with Crippen molar-refractivity contribution in [2.45, 2.75) is 19.3 Å². The van der Waals surface area contributed by atoms with Gasteiger partial charge in [0.15, 0.2) is 11.6 Å². The third-order valence-electron chi connectivity index (χ3n) is 12.5. The third kappa shape index (κ3) is 4.72. The summed E-state index contributed by atoms with van der Waals surface area (Å²) in [5.74, 6) is 1.85. The van der Waals surface area contributed by atoms with Crippen molar-refractivity contribution >= 4 is 54.1 Å². The van der Waals surface area contributed by atoms with Crippen molar-refractivity contribution in [3.05, 3.63) is 193 Å². The molecule has 0 saturated carbocycles. The van der Waals surface area contributed by atoms with Gasteiger partial charge in [-0.3, -0.25) is 4.57 Å². The number of benzene rings is 8. The summed E-state index contributed by atoms with van der Waals surface area (Å²) < 4.78 is 2.28. The molecule has 0 atom stereocenters. The fourth-order valence-corrected chi connectivity index (χ4v) is 9.64. The SMILES string of the molecule is CC1(C)c2cccc3c4ccccc4c4cccc5c4c4c(c1ccc4n5-c1nc(-c4ccc(-c5ccccc5)cc4)nc(-c4ccc(-c5ccccc5)cc4)n1)c23. The van der Waals surface area contributed by atoms with Crippen LogP contribution in [0.3, 0.4) is 0 Å². The molecule has 12 rings (SSSR count). The van der Waals surface area contributed by atoms with E-state index in [1.165, 1.54) is 65.3 Å². The molecule has 9 aromatic carbocycles. The van der Waals surface area contributed by atoms with E-state index in [0.29, 0.717) is 17.6 Å². The lowest BCUT2D eigenvalue weighted by Crippen LogP contribution is -2.15. The number of nitrogens with zero attached hydrogens (tertiary/aromatic N) is 4. The molecule has 2 heterocycles. The van der Waals surface area contributed by atoms with Crippen LogP contribution in [0.25, 0.3) is 105 Å². The molecule has 0 amide bonds. The standard InChI is InChI=1S/C54H36N4/c1-54(2)43-21-11-19-41-39-17-9-10-18-40(39)42-20-12-22-45-48(42)50-46(32-31-44(54)49(50)47(41)43)58(45)53-56-51(37-27-23-35(24-28-37)33-13-5-3-6-14-33)55-52(57-53)38-29-25-36(26-30-38)34-15-7-4-8-16-34/h3-32H,1-2H3. The zero-order valence-corrected chi connectivity index (χ0v) is 32.1. The summed E-state index contributed by atoms with van der Waals surface area (Å²) in [6.07, 6.45) is 0. The summed E-state index contributed by atoms with van der Waals surface area (Å²) in [5.41, 5.74) is 11.2. The summed E-state index contributed by atoms with van der Waals surface area (Å²) in [6, 6.07) is 65.1. The second kappa shape index (κ2) is 12.3. The molecule has 0 fully saturated rings. The average molecular weight is 741 g/mol. The van der Waals surface area contributed by atoms with Crippen LogP contribution in [0.1, 0.15) is 25.0 Å². The molecule has 1 aliphatic rings. The van der Waals surface area contributed by atoms with Gasteiger partial charge < -0.3 is 0 Å². The molecule has 1 aliphatic carbocycles. The van der Waals surface area contributed by atoms with Crippen LogP contribution in [-0.2, 0) is 5.41 Å². The van der Waals surface area contributed by atoms with Gasteiger partial charge in [0.1, 0.15) is 0 Å². The second-order valence-electron chi connectivity index (χ2n) is 16.0. The number of fused-ring (bicyclic) bond motifs is 3. The lowest BCUT2D eigenvalue weighted by atomic mass is 9.81. The summed E-state index contributed by atoms with van der Waals surface area (Å²) >= 11 is 0. The van der Waals surface area contributed by atoms with Crippen LogP contribution in [-0.4, -0.2) is 19.5 Å². The van der Waals surface area contributed by atoms with Gasteiger partial charge in [0.05, 0.1) is 11.0 Å². The van der Waals surface area contributed by atoms with Crippen molar-refractivity contribution in [2.24, 2.45) is 0 Å². The maximum Gasteiger partial charge on any atom is 0.238 e. The van der Waals surface area contributed by atoms with Crippen LogP contribution in [0.5, 0.6) is 0 Å². The van der Waals surface area contributed by atoms with Gasteiger partial charge in [-0.1, -0.05) is 184 Å². The highest BCUT2D eigenvalue weighted by Crippen LogP contribution is 2.53. The van der Waals surface area contributed by atoms with Gasteiger partial charge in [-0.2, -0.15) is 9.97 Å². The van der Waals surface area contributed by atoms with Crippen molar-refractivity contribution in [1.82, 2.24) is 19.5 Å². The van der Waals surface area contributed by atoms with E-state index in [2.05, 4.69) is 188 Å². The second-order valence-corrected chi connectivity index (χ2v) is 16.0. The van der Waals surface area contributed by atoms with E-state index in [9.17, 15) is 0 Å². The molecule has 11 aromatic rings. The van der Waals surface area contributed by atoms with E-state index >= 15 is 0 Å². The Balaban J connectivity index is 1.16. The lowest BCUT2D eigenvalue weighted by Gasteiger charge is -2.22. The minimum absolute atomic E-state index is 0.164. The Morgan fingerprint density at radius 2 is 0.776 bits per heavy atom. The molecule has 0 spiro atoms. The van der Waals surface area contributed by atoms with Gasteiger partial charge in [-0.25, -0.2) is 4.98 Å². The molecule has 2 aromatic heterocycles. The average Bonchev–Trinajstić information content (AvgIpc) is 3.75. The Labute approximate surface area is 335 Å². The molecule has 0 saturated heterocycles. The highest BCUT2D eigenvalue weighted by atomic mass is 15.2. The molecule has 0 aliphatic heterocycles. The molecule has 0 bridgehead atoms. The Kier molecular flexibility index (Phi) is 6.94. The van der Waals surface area contributed by atoms with E-state index in [1.807, 2.05) is 12.1 Å². The first-order chi connectivity index (χ1) is 28.5. The number of rotatable bonds is 5. The van der Waals surface area contributed by atoms with Crippen LogP contribution < -0.4 is 0 Å². The molecule has 0 N–H and O–H groups in total. The maximum atomic E-state index is 5.36. The highest BCUT2D eigenvalue weighted by Gasteiger charge is 2.36. The molecule has 4 heteroatoms. The zero-order valence-electron chi connectivity index (χ0n) is 32.1. The van der Waals surface area contributed by atoms with Crippen molar-refractivity contribution in [1.29, 1.82) is 0 Å².